The molecule has 0 unspecified atom stereocenters. The van der Waals surface area contributed by atoms with Gasteiger partial charge in [-0.1, -0.05) is 24.3 Å². The molecule has 0 spiro atoms. The molecule has 0 saturated carbocycles. The molecule has 160 valence electrons. The zero-order valence-corrected chi connectivity index (χ0v) is 19.2. The largest absolute Gasteiger partial charge is 0.337 e. The smallest absolute Gasteiger partial charge is 0.263 e. The summed E-state index contributed by atoms with van der Waals surface area (Å²) in [5.41, 5.74) is 2.88. The molecule has 0 N–H and O–H groups in total. The first-order valence-corrected chi connectivity index (χ1v) is 12.3. The van der Waals surface area contributed by atoms with Crippen LogP contribution in [0.2, 0.25) is 0 Å². The number of nitrogens with zero attached hydrogens (tertiary/aromatic N) is 4. The second kappa shape index (κ2) is 9.21. The van der Waals surface area contributed by atoms with Crippen molar-refractivity contribution in [2.75, 3.05) is 26.2 Å². The van der Waals surface area contributed by atoms with Crippen LogP contribution in [0, 0.1) is 11.3 Å². The summed E-state index contributed by atoms with van der Waals surface area (Å²) in [6.07, 6.45) is 0.956. The van der Waals surface area contributed by atoms with Crippen LogP contribution >= 0.6 is 22.7 Å². The minimum absolute atomic E-state index is 0.114. The number of hydrogen-bond acceptors (Lipinski definition) is 6. The second-order valence-electron chi connectivity index (χ2n) is 7.88. The molecule has 2 aromatic heterocycles. The van der Waals surface area contributed by atoms with Crippen molar-refractivity contribution >= 4 is 38.8 Å². The molecule has 1 fully saturated rings. The van der Waals surface area contributed by atoms with E-state index in [2.05, 4.69) is 17.0 Å². The first-order chi connectivity index (χ1) is 15.7. The van der Waals surface area contributed by atoms with Crippen LogP contribution in [0.4, 0.5) is 0 Å². The summed E-state index contributed by atoms with van der Waals surface area (Å²) < 4.78 is 1.17. The van der Waals surface area contributed by atoms with Crippen LogP contribution in [0.3, 0.4) is 0 Å². The molecule has 3 heterocycles. The number of hydrogen-bond donors (Lipinski definition) is 0. The second-order valence-corrected chi connectivity index (χ2v) is 10.00. The number of benzene rings is 2. The van der Waals surface area contributed by atoms with Gasteiger partial charge in [0.15, 0.2) is 0 Å². The molecule has 1 aliphatic rings. The molecule has 0 bridgehead atoms. The summed E-state index contributed by atoms with van der Waals surface area (Å²) in [4.78, 5) is 24.1. The van der Waals surface area contributed by atoms with Gasteiger partial charge in [0.1, 0.15) is 5.01 Å². The zero-order chi connectivity index (χ0) is 21.9. The highest BCUT2D eigenvalue weighted by molar-refractivity contribution is 7.26. The van der Waals surface area contributed by atoms with E-state index < -0.39 is 0 Å². The van der Waals surface area contributed by atoms with Crippen LogP contribution in [-0.2, 0) is 6.54 Å². The molecule has 0 atom stereocenters. The van der Waals surface area contributed by atoms with Gasteiger partial charge in [0.25, 0.3) is 5.91 Å². The van der Waals surface area contributed by atoms with E-state index in [9.17, 15) is 4.79 Å². The molecule has 32 heavy (non-hydrogen) atoms. The van der Waals surface area contributed by atoms with Crippen LogP contribution in [0.1, 0.15) is 27.2 Å². The van der Waals surface area contributed by atoms with E-state index in [-0.39, 0.29) is 5.91 Å². The number of nitriles is 1. The van der Waals surface area contributed by atoms with Gasteiger partial charge in [0.05, 0.1) is 31.6 Å². The third-order valence-corrected chi connectivity index (χ3v) is 7.97. The standard InChI is InChI=1S/C25H22N4OS2/c26-16-18-6-8-19(9-7-18)17-28-12-3-13-29(15-14-28)25(30)23-11-10-22(31-23)24-27-20-4-1-2-5-21(20)32-24/h1-2,4-11H,3,12-15,17H2. The van der Waals surface area contributed by atoms with Crippen LogP contribution in [-0.4, -0.2) is 46.9 Å². The van der Waals surface area contributed by atoms with E-state index in [1.807, 2.05) is 59.5 Å². The molecule has 1 saturated heterocycles. The van der Waals surface area contributed by atoms with Gasteiger partial charge < -0.3 is 4.90 Å². The predicted molar refractivity (Wildman–Crippen MR) is 130 cm³/mol. The lowest BCUT2D eigenvalue weighted by molar-refractivity contribution is 0.0766. The molecule has 0 aliphatic carbocycles. The summed E-state index contributed by atoms with van der Waals surface area (Å²) in [7, 11) is 0. The number of carbonyl (C=O) groups excluding carboxylic acids is 1. The van der Waals surface area contributed by atoms with Crippen molar-refractivity contribution in [3.8, 4) is 16.0 Å². The lowest BCUT2D eigenvalue weighted by atomic mass is 10.1. The van der Waals surface area contributed by atoms with Crippen molar-refractivity contribution in [3.05, 3.63) is 76.7 Å². The summed E-state index contributed by atoms with van der Waals surface area (Å²) >= 11 is 3.20. The Morgan fingerprint density at radius 2 is 1.81 bits per heavy atom. The number of para-hydroxylation sites is 1. The van der Waals surface area contributed by atoms with Crippen molar-refractivity contribution in [2.24, 2.45) is 0 Å². The van der Waals surface area contributed by atoms with Crippen LogP contribution in [0.15, 0.2) is 60.7 Å². The number of thiophene rings is 1. The molecular weight excluding hydrogens is 436 g/mol. The van der Waals surface area contributed by atoms with Crippen molar-refractivity contribution < 1.29 is 4.79 Å². The first kappa shape index (κ1) is 20.8. The van der Waals surface area contributed by atoms with Crippen LogP contribution in [0.25, 0.3) is 20.1 Å². The highest BCUT2D eigenvalue weighted by Gasteiger charge is 2.22. The Hall–Kier alpha value is -3.05. The minimum Gasteiger partial charge on any atom is -0.337 e. The molecule has 7 heteroatoms. The number of carbonyl (C=O) groups is 1. The summed E-state index contributed by atoms with van der Waals surface area (Å²) in [6, 6.07) is 22.0. The van der Waals surface area contributed by atoms with Gasteiger partial charge in [-0.15, -0.1) is 22.7 Å². The molecule has 5 nitrogen and oxygen atoms in total. The fraction of sp³-hybridized carbons (Fsp3) is 0.240. The SMILES string of the molecule is N#Cc1ccc(CN2CCCN(C(=O)c3ccc(-c4nc5ccccc5s4)s3)CC2)cc1. The van der Waals surface area contributed by atoms with Gasteiger partial charge in [-0.05, 0) is 48.4 Å². The maximum Gasteiger partial charge on any atom is 0.263 e. The Balaban J connectivity index is 1.23. The number of aromatic nitrogens is 1. The van der Waals surface area contributed by atoms with Crippen LogP contribution < -0.4 is 0 Å². The predicted octanol–water partition coefficient (Wildman–Crippen LogP) is 5.24. The molecule has 4 aromatic rings. The molecule has 5 rings (SSSR count). The van der Waals surface area contributed by atoms with Gasteiger partial charge in [0.2, 0.25) is 0 Å². The van der Waals surface area contributed by atoms with Crippen molar-refractivity contribution in [1.82, 2.24) is 14.8 Å². The van der Waals surface area contributed by atoms with E-state index >= 15 is 0 Å². The van der Waals surface area contributed by atoms with E-state index in [0.717, 1.165) is 59.4 Å². The topological polar surface area (TPSA) is 60.2 Å². The average Bonchev–Trinajstić information content (AvgIpc) is 3.42. The molecular formula is C25H22N4OS2. The highest BCUT2D eigenvalue weighted by Crippen LogP contribution is 2.34. The average molecular weight is 459 g/mol. The van der Waals surface area contributed by atoms with Gasteiger partial charge in [-0.25, -0.2) is 4.98 Å². The van der Waals surface area contributed by atoms with Crippen LogP contribution in [0.5, 0.6) is 0 Å². The minimum atomic E-state index is 0.114. The third-order valence-electron chi connectivity index (χ3n) is 5.69. The number of amides is 1. The van der Waals surface area contributed by atoms with E-state index in [1.165, 1.54) is 21.6 Å². The summed E-state index contributed by atoms with van der Waals surface area (Å²) in [5.74, 6) is 0.114. The molecule has 2 aromatic carbocycles. The van der Waals surface area contributed by atoms with Gasteiger partial charge in [0, 0.05) is 32.7 Å². The summed E-state index contributed by atoms with van der Waals surface area (Å²) in [6.45, 7) is 4.15. The van der Waals surface area contributed by atoms with Gasteiger partial charge in [-0.2, -0.15) is 5.26 Å². The Bertz CT molecular complexity index is 1250. The summed E-state index contributed by atoms with van der Waals surface area (Å²) in [5, 5.41) is 9.93. The highest BCUT2D eigenvalue weighted by atomic mass is 32.1. The van der Waals surface area contributed by atoms with Crippen molar-refractivity contribution in [1.29, 1.82) is 5.26 Å². The lowest BCUT2D eigenvalue weighted by Gasteiger charge is -2.21. The molecule has 0 radical (unpaired) electrons. The fourth-order valence-corrected chi connectivity index (χ4v) is 5.97. The molecule has 1 aliphatic heterocycles. The Morgan fingerprint density at radius 3 is 2.62 bits per heavy atom. The fourth-order valence-electron chi connectivity index (χ4n) is 3.98. The zero-order valence-electron chi connectivity index (χ0n) is 17.5. The van der Waals surface area contributed by atoms with E-state index in [1.54, 1.807) is 11.3 Å². The monoisotopic (exact) mass is 458 g/mol. The Morgan fingerprint density at radius 1 is 0.969 bits per heavy atom. The molecule has 1 amide bonds. The van der Waals surface area contributed by atoms with E-state index in [4.69, 9.17) is 10.2 Å². The van der Waals surface area contributed by atoms with Crippen molar-refractivity contribution in [3.63, 3.8) is 0 Å². The Labute approximate surface area is 195 Å². The normalized spacial score (nSPS) is 14.9. The first-order valence-electron chi connectivity index (χ1n) is 10.7. The van der Waals surface area contributed by atoms with Crippen molar-refractivity contribution in [2.45, 2.75) is 13.0 Å². The number of rotatable bonds is 4. The van der Waals surface area contributed by atoms with Gasteiger partial charge in [-0.3, -0.25) is 9.69 Å². The quantitative estimate of drug-likeness (QED) is 0.419. The maximum atomic E-state index is 13.2. The lowest BCUT2D eigenvalue weighted by Crippen LogP contribution is -2.34. The maximum absolute atomic E-state index is 13.2. The Kier molecular flexibility index (Phi) is 5.99. The van der Waals surface area contributed by atoms with Gasteiger partial charge >= 0.3 is 0 Å². The third kappa shape index (κ3) is 4.44. The van der Waals surface area contributed by atoms with E-state index in [0.29, 0.717) is 5.56 Å². The number of thiazole rings is 1. The number of fused-ring (bicyclic) bond motifs is 1.